The number of likely N-dealkylation sites (N-methyl/N-ethyl adjacent to an activating group) is 1. The number of benzene rings is 1. The monoisotopic (exact) mass is 292 g/mol. The predicted molar refractivity (Wildman–Crippen MR) is 80.0 cm³/mol. The number of carbonyl (C=O) groups excluding carboxylic acids is 2. The second-order valence-electron chi connectivity index (χ2n) is 4.82. The summed E-state index contributed by atoms with van der Waals surface area (Å²) in [7, 11) is 0. The van der Waals surface area contributed by atoms with Crippen molar-refractivity contribution in [2.75, 3.05) is 36.9 Å². The molecule has 114 valence electrons. The molecule has 0 bridgehead atoms. The Labute approximate surface area is 123 Å². The maximum absolute atomic E-state index is 12.1. The summed E-state index contributed by atoms with van der Waals surface area (Å²) in [5.74, 6) is -0.653. The van der Waals surface area contributed by atoms with E-state index in [4.69, 9.17) is 16.2 Å². The summed E-state index contributed by atoms with van der Waals surface area (Å²) in [6, 6.07) is 4.35. The maximum Gasteiger partial charge on any atom is 0.248 e. The van der Waals surface area contributed by atoms with Crippen molar-refractivity contribution in [1.82, 2.24) is 5.32 Å². The van der Waals surface area contributed by atoms with E-state index in [0.29, 0.717) is 36.6 Å². The molecule has 5 N–H and O–H groups in total. The lowest BCUT2D eigenvalue weighted by atomic mass is 10.1. The number of nitrogens with zero attached hydrogens (tertiary/aromatic N) is 1. The molecule has 1 fully saturated rings. The third-order valence-electron chi connectivity index (χ3n) is 3.41. The van der Waals surface area contributed by atoms with Crippen LogP contribution in [0.5, 0.6) is 0 Å². The first-order valence-electron chi connectivity index (χ1n) is 6.86. The number of nitrogen functional groups attached to an aromatic ring is 1. The number of morpholine rings is 1. The van der Waals surface area contributed by atoms with Gasteiger partial charge in [-0.25, -0.2) is 0 Å². The molecular weight excluding hydrogens is 272 g/mol. The van der Waals surface area contributed by atoms with E-state index < -0.39 is 11.9 Å². The lowest BCUT2D eigenvalue weighted by Crippen LogP contribution is -2.54. The van der Waals surface area contributed by atoms with Gasteiger partial charge in [0.25, 0.3) is 0 Å². The van der Waals surface area contributed by atoms with Gasteiger partial charge in [-0.2, -0.15) is 0 Å². The van der Waals surface area contributed by atoms with Crippen LogP contribution in [0.1, 0.15) is 17.3 Å². The number of rotatable bonds is 4. The summed E-state index contributed by atoms with van der Waals surface area (Å²) in [5, 5.41) is 2.78. The minimum Gasteiger partial charge on any atom is -0.397 e. The minimum absolute atomic E-state index is 0.124. The van der Waals surface area contributed by atoms with Crippen molar-refractivity contribution in [2.45, 2.75) is 13.0 Å². The largest absolute Gasteiger partial charge is 0.397 e. The average molecular weight is 292 g/mol. The van der Waals surface area contributed by atoms with Gasteiger partial charge in [0, 0.05) is 18.7 Å². The normalized spacial score (nSPS) is 18.3. The fraction of sp³-hybridized carbons (Fsp3) is 0.429. The summed E-state index contributed by atoms with van der Waals surface area (Å²) < 4.78 is 5.38. The maximum atomic E-state index is 12.1. The first-order valence-corrected chi connectivity index (χ1v) is 6.86. The van der Waals surface area contributed by atoms with Gasteiger partial charge in [0.2, 0.25) is 11.8 Å². The van der Waals surface area contributed by atoms with Crippen molar-refractivity contribution in [2.24, 2.45) is 5.73 Å². The Kier molecular flexibility index (Phi) is 4.64. The number of amides is 2. The Balaban J connectivity index is 2.34. The molecule has 1 atom stereocenters. The standard InChI is InChI=1S/C14H20N4O3/c1-2-17-14(20)12-8-21-6-5-18(12)11-7-9(13(16)19)3-4-10(11)15/h3-4,7,12H,2,5-6,8,15H2,1H3,(H2,16,19)(H,17,20). The van der Waals surface area contributed by atoms with Crippen LogP contribution in [0.15, 0.2) is 18.2 Å². The number of hydrogen-bond donors (Lipinski definition) is 3. The van der Waals surface area contributed by atoms with Gasteiger partial charge < -0.3 is 26.4 Å². The van der Waals surface area contributed by atoms with Crippen LogP contribution >= 0.6 is 0 Å². The summed E-state index contributed by atoms with van der Waals surface area (Å²) in [5.41, 5.74) is 12.8. The molecule has 1 heterocycles. The van der Waals surface area contributed by atoms with Crippen LogP contribution in [0.2, 0.25) is 0 Å². The zero-order valence-corrected chi connectivity index (χ0v) is 12.0. The van der Waals surface area contributed by atoms with Gasteiger partial charge in [0.15, 0.2) is 0 Å². The van der Waals surface area contributed by atoms with Gasteiger partial charge in [-0.05, 0) is 25.1 Å². The van der Waals surface area contributed by atoms with E-state index in [1.165, 1.54) is 0 Å². The highest BCUT2D eigenvalue weighted by molar-refractivity contribution is 5.95. The topological polar surface area (TPSA) is 111 Å². The molecule has 7 nitrogen and oxygen atoms in total. The van der Waals surface area contributed by atoms with E-state index in [0.717, 1.165) is 0 Å². The van der Waals surface area contributed by atoms with Crippen molar-refractivity contribution in [3.63, 3.8) is 0 Å². The zero-order chi connectivity index (χ0) is 15.4. The van der Waals surface area contributed by atoms with Crippen LogP contribution in [-0.4, -0.2) is 44.2 Å². The van der Waals surface area contributed by atoms with Gasteiger partial charge in [0.05, 0.1) is 24.6 Å². The molecule has 1 aromatic carbocycles. The summed E-state index contributed by atoms with van der Waals surface area (Å²) >= 11 is 0. The molecule has 0 spiro atoms. The first-order chi connectivity index (χ1) is 10.0. The fourth-order valence-corrected chi connectivity index (χ4v) is 2.35. The van der Waals surface area contributed by atoms with Gasteiger partial charge in [-0.3, -0.25) is 9.59 Å². The third-order valence-corrected chi connectivity index (χ3v) is 3.41. The second-order valence-corrected chi connectivity index (χ2v) is 4.82. The first kappa shape index (κ1) is 15.1. The van der Waals surface area contributed by atoms with E-state index in [1.54, 1.807) is 18.2 Å². The van der Waals surface area contributed by atoms with Gasteiger partial charge in [-0.15, -0.1) is 0 Å². The lowest BCUT2D eigenvalue weighted by Gasteiger charge is -2.37. The predicted octanol–water partition coefficient (Wildman–Crippen LogP) is -0.291. The van der Waals surface area contributed by atoms with Crippen molar-refractivity contribution in [3.8, 4) is 0 Å². The molecule has 0 aliphatic carbocycles. The quantitative estimate of drug-likeness (QED) is 0.660. The Bertz CT molecular complexity index is 547. The summed E-state index contributed by atoms with van der Waals surface area (Å²) in [6.07, 6.45) is 0. The molecule has 21 heavy (non-hydrogen) atoms. The molecule has 2 rings (SSSR count). The zero-order valence-electron chi connectivity index (χ0n) is 12.0. The number of hydrogen-bond acceptors (Lipinski definition) is 5. The van der Waals surface area contributed by atoms with Crippen LogP contribution in [-0.2, 0) is 9.53 Å². The van der Waals surface area contributed by atoms with Crippen LogP contribution < -0.4 is 21.7 Å². The molecule has 1 aromatic rings. The smallest absolute Gasteiger partial charge is 0.248 e. The Morgan fingerprint density at radius 3 is 2.90 bits per heavy atom. The molecule has 0 radical (unpaired) electrons. The number of primary amides is 1. The van der Waals surface area contributed by atoms with Crippen LogP contribution in [0.4, 0.5) is 11.4 Å². The molecule has 2 amide bonds. The number of nitrogens with two attached hydrogens (primary N) is 2. The number of carbonyl (C=O) groups is 2. The van der Waals surface area contributed by atoms with E-state index in [2.05, 4.69) is 5.32 Å². The molecule has 1 aliphatic rings. The van der Waals surface area contributed by atoms with Crippen LogP contribution in [0, 0.1) is 0 Å². The van der Waals surface area contributed by atoms with E-state index >= 15 is 0 Å². The van der Waals surface area contributed by atoms with Crippen LogP contribution in [0.3, 0.4) is 0 Å². The Morgan fingerprint density at radius 2 is 2.24 bits per heavy atom. The van der Waals surface area contributed by atoms with E-state index in [9.17, 15) is 9.59 Å². The molecule has 1 unspecified atom stereocenters. The van der Waals surface area contributed by atoms with Gasteiger partial charge in [-0.1, -0.05) is 0 Å². The summed E-state index contributed by atoms with van der Waals surface area (Å²) in [6.45, 7) is 3.70. The molecule has 1 saturated heterocycles. The second kappa shape index (κ2) is 6.45. The Morgan fingerprint density at radius 1 is 1.48 bits per heavy atom. The highest BCUT2D eigenvalue weighted by Gasteiger charge is 2.30. The van der Waals surface area contributed by atoms with Gasteiger partial charge >= 0.3 is 0 Å². The highest BCUT2D eigenvalue weighted by Crippen LogP contribution is 2.28. The van der Waals surface area contributed by atoms with Crippen molar-refractivity contribution in [1.29, 1.82) is 0 Å². The minimum atomic E-state index is -0.529. The van der Waals surface area contributed by atoms with Crippen molar-refractivity contribution >= 4 is 23.2 Å². The highest BCUT2D eigenvalue weighted by atomic mass is 16.5. The van der Waals surface area contributed by atoms with Crippen molar-refractivity contribution < 1.29 is 14.3 Å². The van der Waals surface area contributed by atoms with E-state index in [1.807, 2.05) is 11.8 Å². The van der Waals surface area contributed by atoms with E-state index in [-0.39, 0.29) is 12.5 Å². The number of nitrogens with one attached hydrogen (secondary N) is 1. The average Bonchev–Trinajstić information content (AvgIpc) is 2.47. The van der Waals surface area contributed by atoms with Crippen LogP contribution in [0.25, 0.3) is 0 Å². The molecule has 7 heteroatoms. The molecule has 1 aliphatic heterocycles. The fourth-order valence-electron chi connectivity index (χ4n) is 2.35. The number of anilines is 2. The number of ether oxygens (including phenoxy) is 1. The molecule has 0 saturated carbocycles. The third kappa shape index (κ3) is 3.25. The lowest BCUT2D eigenvalue weighted by molar-refractivity contribution is -0.124. The molecular formula is C14H20N4O3. The van der Waals surface area contributed by atoms with Crippen molar-refractivity contribution in [3.05, 3.63) is 23.8 Å². The summed E-state index contributed by atoms with van der Waals surface area (Å²) in [4.78, 5) is 25.3. The Hall–Kier alpha value is -2.28. The molecule has 0 aromatic heterocycles. The SMILES string of the molecule is CCNC(=O)C1COCCN1c1cc(C(N)=O)ccc1N. The van der Waals surface area contributed by atoms with Gasteiger partial charge in [0.1, 0.15) is 6.04 Å².